The van der Waals surface area contributed by atoms with Gasteiger partial charge in [-0.25, -0.2) is 0 Å². The third-order valence-corrected chi connectivity index (χ3v) is 4.02. The van der Waals surface area contributed by atoms with Crippen LogP contribution < -0.4 is 10.6 Å². The second-order valence-corrected chi connectivity index (χ2v) is 5.59. The molecule has 18 heavy (non-hydrogen) atoms. The summed E-state index contributed by atoms with van der Waals surface area (Å²) in [6, 6.07) is 0. The first-order chi connectivity index (χ1) is 8.70. The van der Waals surface area contributed by atoms with E-state index < -0.39 is 0 Å². The molecule has 6 heteroatoms. The molecule has 0 saturated heterocycles. The van der Waals surface area contributed by atoms with Crippen LogP contribution in [0.3, 0.4) is 0 Å². The number of nitrogens with one attached hydrogen (secondary N) is 2. The zero-order valence-corrected chi connectivity index (χ0v) is 12.7. The Kier molecular flexibility index (Phi) is 12.4. The summed E-state index contributed by atoms with van der Waals surface area (Å²) in [6.45, 7) is 0. The average Bonchev–Trinajstić information content (AvgIpc) is 2.40. The normalized spacial score (nSPS) is 10.6. The fourth-order valence-corrected chi connectivity index (χ4v) is 2.62. The van der Waals surface area contributed by atoms with Gasteiger partial charge >= 0.3 is 0 Å². The van der Waals surface area contributed by atoms with E-state index in [1.54, 1.807) is 37.6 Å². The van der Waals surface area contributed by atoms with E-state index in [1.165, 1.54) is 0 Å². The Morgan fingerprint density at radius 2 is 1.28 bits per heavy atom. The highest BCUT2D eigenvalue weighted by Gasteiger charge is 1.96. The Hall–Kier alpha value is -0.620. The second kappa shape index (κ2) is 12.8. The van der Waals surface area contributed by atoms with Crippen molar-refractivity contribution in [1.29, 1.82) is 0 Å². The molecule has 0 aromatic carbocycles. The fourth-order valence-electron chi connectivity index (χ4n) is 1.10. The molecule has 0 aliphatic rings. The minimum absolute atomic E-state index is 0.100. The highest BCUT2D eigenvalue weighted by Crippen LogP contribution is 2.12. The van der Waals surface area contributed by atoms with E-state index in [0.717, 1.165) is 24.3 Å². The molecule has 0 atom stereocenters. The van der Waals surface area contributed by atoms with E-state index in [2.05, 4.69) is 21.4 Å². The standard InChI is InChI=1S/C12H22N2O2S2/c1-13-11(15)5-3-7-17-9-10-18-8-4-6-12(16)14-2/h9-10H,3-8H2,1-2H3,(H,13,15)(H,14,16)/b10-9-. The molecule has 0 spiro atoms. The van der Waals surface area contributed by atoms with E-state index >= 15 is 0 Å². The lowest BCUT2D eigenvalue weighted by atomic mass is 10.3. The van der Waals surface area contributed by atoms with Gasteiger partial charge in [-0.2, -0.15) is 0 Å². The van der Waals surface area contributed by atoms with Gasteiger partial charge in [0, 0.05) is 26.9 Å². The molecule has 0 aromatic rings. The molecule has 0 aliphatic heterocycles. The van der Waals surface area contributed by atoms with Crippen molar-refractivity contribution in [2.24, 2.45) is 0 Å². The second-order valence-electron chi connectivity index (χ2n) is 3.57. The molecule has 2 amide bonds. The highest BCUT2D eigenvalue weighted by molar-refractivity contribution is 8.05. The maximum atomic E-state index is 10.9. The zero-order chi connectivity index (χ0) is 13.6. The number of thioether (sulfide) groups is 2. The molecule has 0 rings (SSSR count). The number of amides is 2. The van der Waals surface area contributed by atoms with Crippen LogP contribution in [-0.4, -0.2) is 37.4 Å². The maximum Gasteiger partial charge on any atom is 0.219 e. The Morgan fingerprint density at radius 1 is 0.889 bits per heavy atom. The number of rotatable bonds is 10. The number of hydrogen-bond donors (Lipinski definition) is 2. The van der Waals surface area contributed by atoms with Crippen LogP contribution in [0.4, 0.5) is 0 Å². The summed E-state index contributed by atoms with van der Waals surface area (Å²) in [7, 11) is 3.32. The first-order valence-corrected chi connectivity index (χ1v) is 8.09. The lowest BCUT2D eigenvalue weighted by Gasteiger charge is -1.98. The van der Waals surface area contributed by atoms with Crippen LogP contribution in [-0.2, 0) is 9.59 Å². The van der Waals surface area contributed by atoms with Crippen molar-refractivity contribution in [3.63, 3.8) is 0 Å². The summed E-state index contributed by atoms with van der Waals surface area (Å²) in [6.07, 6.45) is 2.99. The summed E-state index contributed by atoms with van der Waals surface area (Å²) in [5.74, 6) is 2.12. The lowest BCUT2D eigenvalue weighted by Crippen LogP contribution is -2.17. The Labute approximate surface area is 118 Å². The van der Waals surface area contributed by atoms with Gasteiger partial charge in [-0.1, -0.05) is 0 Å². The van der Waals surface area contributed by atoms with Gasteiger partial charge in [0.15, 0.2) is 0 Å². The van der Waals surface area contributed by atoms with Gasteiger partial charge in [0.25, 0.3) is 0 Å². The molecule has 0 bridgehead atoms. The summed E-state index contributed by atoms with van der Waals surface area (Å²) < 4.78 is 0. The van der Waals surface area contributed by atoms with E-state index in [1.807, 2.05) is 0 Å². The van der Waals surface area contributed by atoms with Gasteiger partial charge in [0.1, 0.15) is 0 Å². The monoisotopic (exact) mass is 290 g/mol. The van der Waals surface area contributed by atoms with Gasteiger partial charge in [-0.15, -0.1) is 23.5 Å². The van der Waals surface area contributed by atoms with E-state index in [4.69, 9.17) is 0 Å². The number of carbonyl (C=O) groups is 2. The molecule has 0 fully saturated rings. The molecular weight excluding hydrogens is 268 g/mol. The third kappa shape index (κ3) is 11.9. The fraction of sp³-hybridized carbons (Fsp3) is 0.667. The topological polar surface area (TPSA) is 58.2 Å². The van der Waals surface area contributed by atoms with Gasteiger partial charge in [-0.05, 0) is 35.2 Å². The zero-order valence-electron chi connectivity index (χ0n) is 11.0. The molecule has 0 unspecified atom stereocenters. The summed E-state index contributed by atoms with van der Waals surface area (Å²) in [5.41, 5.74) is 0. The molecule has 4 nitrogen and oxygen atoms in total. The number of hydrogen-bond acceptors (Lipinski definition) is 4. The van der Waals surface area contributed by atoms with Gasteiger partial charge in [0.05, 0.1) is 0 Å². The lowest BCUT2D eigenvalue weighted by molar-refractivity contribution is -0.121. The van der Waals surface area contributed by atoms with E-state index in [0.29, 0.717) is 12.8 Å². The molecule has 2 N–H and O–H groups in total. The van der Waals surface area contributed by atoms with E-state index in [9.17, 15) is 9.59 Å². The Balaban J connectivity index is 3.23. The largest absolute Gasteiger partial charge is 0.359 e. The van der Waals surface area contributed by atoms with Crippen molar-refractivity contribution in [2.45, 2.75) is 25.7 Å². The molecular formula is C12H22N2O2S2. The smallest absolute Gasteiger partial charge is 0.219 e. The quantitative estimate of drug-likeness (QED) is 0.604. The molecule has 0 aromatic heterocycles. The number of carbonyl (C=O) groups excluding carboxylic acids is 2. The minimum atomic E-state index is 0.100. The van der Waals surface area contributed by atoms with Gasteiger partial charge in [0.2, 0.25) is 11.8 Å². The predicted molar refractivity (Wildman–Crippen MR) is 80.7 cm³/mol. The molecule has 0 heterocycles. The molecule has 0 radical (unpaired) electrons. The summed E-state index contributed by atoms with van der Waals surface area (Å²) in [4.78, 5) is 21.8. The van der Waals surface area contributed by atoms with Crippen LogP contribution in [0.25, 0.3) is 0 Å². The van der Waals surface area contributed by atoms with Crippen LogP contribution in [0.15, 0.2) is 10.8 Å². The minimum Gasteiger partial charge on any atom is -0.359 e. The SMILES string of the molecule is CNC(=O)CCCS/C=C\SCCCC(=O)NC. The first kappa shape index (κ1) is 17.4. The van der Waals surface area contributed by atoms with E-state index in [-0.39, 0.29) is 11.8 Å². The van der Waals surface area contributed by atoms with Crippen molar-refractivity contribution in [2.75, 3.05) is 25.6 Å². The van der Waals surface area contributed by atoms with Crippen molar-refractivity contribution in [1.82, 2.24) is 10.6 Å². The predicted octanol–water partition coefficient (Wildman–Crippen LogP) is 1.98. The van der Waals surface area contributed by atoms with Crippen molar-refractivity contribution >= 4 is 35.3 Å². The van der Waals surface area contributed by atoms with Crippen LogP contribution >= 0.6 is 23.5 Å². The summed E-state index contributed by atoms with van der Waals surface area (Å²) >= 11 is 3.43. The van der Waals surface area contributed by atoms with Gasteiger partial charge < -0.3 is 10.6 Å². The molecule has 104 valence electrons. The molecule has 0 saturated carbocycles. The Bertz CT molecular complexity index is 245. The average molecular weight is 290 g/mol. The Morgan fingerprint density at radius 3 is 1.61 bits per heavy atom. The van der Waals surface area contributed by atoms with Gasteiger partial charge in [-0.3, -0.25) is 9.59 Å². The van der Waals surface area contributed by atoms with Crippen molar-refractivity contribution in [3.05, 3.63) is 10.8 Å². The highest BCUT2D eigenvalue weighted by atomic mass is 32.2. The summed E-state index contributed by atoms with van der Waals surface area (Å²) in [5, 5.41) is 9.30. The van der Waals surface area contributed by atoms with Crippen molar-refractivity contribution in [3.8, 4) is 0 Å². The first-order valence-electron chi connectivity index (χ1n) is 6.00. The third-order valence-electron chi connectivity index (χ3n) is 2.14. The van der Waals surface area contributed by atoms with Crippen LogP contribution in [0.5, 0.6) is 0 Å². The van der Waals surface area contributed by atoms with Crippen LogP contribution in [0.1, 0.15) is 25.7 Å². The molecule has 0 aliphatic carbocycles. The van der Waals surface area contributed by atoms with Crippen LogP contribution in [0.2, 0.25) is 0 Å². The van der Waals surface area contributed by atoms with Crippen LogP contribution in [0, 0.1) is 0 Å². The van der Waals surface area contributed by atoms with Crippen molar-refractivity contribution < 1.29 is 9.59 Å². The maximum absolute atomic E-state index is 10.9.